The van der Waals surface area contributed by atoms with Crippen molar-refractivity contribution in [3.63, 3.8) is 0 Å². The van der Waals surface area contributed by atoms with E-state index >= 15 is 0 Å². The average Bonchev–Trinajstić information content (AvgIpc) is 2.38. The van der Waals surface area contributed by atoms with E-state index in [1.54, 1.807) is 28.6 Å². The summed E-state index contributed by atoms with van der Waals surface area (Å²) < 4.78 is 26.4. The van der Waals surface area contributed by atoms with Crippen molar-refractivity contribution in [1.29, 1.82) is 0 Å². The van der Waals surface area contributed by atoms with Crippen molar-refractivity contribution < 1.29 is 8.42 Å². The fraction of sp³-hybridized carbons (Fsp3) is 0.571. The Hall–Kier alpha value is -1.11. The number of nitrogens with zero attached hydrogens (tertiary/aromatic N) is 2. The van der Waals surface area contributed by atoms with Gasteiger partial charge in [0.1, 0.15) is 0 Å². The molecule has 1 aliphatic heterocycles. The molecule has 0 bridgehead atoms. The van der Waals surface area contributed by atoms with Gasteiger partial charge in [0.05, 0.1) is 5.75 Å². The first-order chi connectivity index (χ1) is 9.38. The second-order valence-corrected chi connectivity index (χ2v) is 7.50. The lowest BCUT2D eigenvalue weighted by Gasteiger charge is -2.36. The maximum absolute atomic E-state index is 12.4. The van der Waals surface area contributed by atoms with Gasteiger partial charge in [0.15, 0.2) is 0 Å². The number of rotatable bonds is 4. The van der Waals surface area contributed by atoms with Crippen molar-refractivity contribution in [3.05, 3.63) is 29.8 Å². The van der Waals surface area contributed by atoms with Crippen LogP contribution in [0.15, 0.2) is 24.3 Å². The van der Waals surface area contributed by atoms with Gasteiger partial charge in [0.2, 0.25) is 10.0 Å². The molecule has 0 aliphatic carbocycles. The van der Waals surface area contributed by atoms with Crippen molar-refractivity contribution in [2.24, 2.45) is 0 Å². The SMILES string of the molecule is CC(C)N1CCN(S(=O)(=O)Cc2cccc(N)c2)CC1. The fourth-order valence-corrected chi connectivity index (χ4v) is 3.99. The summed E-state index contributed by atoms with van der Waals surface area (Å²) in [7, 11) is -3.25. The molecule has 0 saturated carbocycles. The predicted molar refractivity (Wildman–Crippen MR) is 81.8 cm³/mol. The first-order valence-corrected chi connectivity index (χ1v) is 8.56. The van der Waals surface area contributed by atoms with Crippen molar-refractivity contribution in [2.45, 2.75) is 25.6 Å². The Balaban J connectivity index is 2.01. The zero-order valence-electron chi connectivity index (χ0n) is 12.1. The second kappa shape index (κ2) is 6.11. The van der Waals surface area contributed by atoms with Crippen LogP contribution in [0.2, 0.25) is 0 Å². The van der Waals surface area contributed by atoms with E-state index in [-0.39, 0.29) is 5.75 Å². The van der Waals surface area contributed by atoms with Gasteiger partial charge in [-0.05, 0) is 31.5 Å². The number of hydrogen-bond donors (Lipinski definition) is 1. The van der Waals surface area contributed by atoms with Gasteiger partial charge in [0, 0.05) is 37.9 Å². The molecular formula is C14H23N3O2S. The molecule has 1 aromatic carbocycles. The molecule has 1 aromatic rings. The van der Waals surface area contributed by atoms with Gasteiger partial charge >= 0.3 is 0 Å². The molecule has 1 aliphatic rings. The van der Waals surface area contributed by atoms with Gasteiger partial charge in [-0.15, -0.1) is 0 Å². The van der Waals surface area contributed by atoms with E-state index in [2.05, 4.69) is 18.7 Å². The molecule has 5 nitrogen and oxygen atoms in total. The largest absolute Gasteiger partial charge is 0.399 e. The molecule has 0 unspecified atom stereocenters. The molecule has 0 spiro atoms. The minimum Gasteiger partial charge on any atom is -0.399 e. The minimum atomic E-state index is -3.25. The number of piperazine rings is 1. The highest BCUT2D eigenvalue weighted by Gasteiger charge is 2.27. The molecule has 1 fully saturated rings. The molecule has 1 heterocycles. The Bertz CT molecular complexity index is 549. The molecule has 6 heteroatoms. The molecule has 1 saturated heterocycles. The molecule has 0 aromatic heterocycles. The van der Waals surface area contributed by atoms with Crippen molar-refractivity contribution in [1.82, 2.24) is 9.21 Å². The second-order valence-electron chi connectivity index (χ2n) is 5.53. The Morgan fingerprint density at radius 3 is 2.40 bits per heavy atom. The zero-order valence-corrected chi connectivity index (χ0v) is 12.9. The first-order valence-electron chi connectivity index (χ1n) is 6.95. The maximum atomic E-state index is 12.4. The molecule has 20 heavy (non-hydrogen) atoms. The Kier molecular flexibility index (Phi) is 4.67. The van der Waals surface area contributed by atoms with E-state index < -0.39 is 10.0 Å². The topological polar surface area (TPSA) is 66.6 Å². The van der Waals surface area contributed by atoms with Crippen LogP contribution in [0.5, 0.6) is 0 Å². The summed E-state index contributed by atoms with van der Waals surface area (Å²) in [5.74, 6) is 0.0275. The van der Waals surface area contributed by atoms with Crippen molar-refractivity contribution in [3.8, 4) is 0 Å². The molecule has 0 radical (unpaired) electrons. The fourth-order valence-electron chi connectivity index (χ4n) is 2.48. The zero-order chi connectivity index (χ0) is 14.8. The van der Waals surface area contributed by atoms with Crippen LogP contribution in [-0.4, -0.2) is 49.8 Å². The molecular weight excluding hydrogens is 274 g/mol. The number of benzene rings is 1. The number of anilines is 1. The van der Waals surface area contributed by atoms with Crippen LogP contribution >= 0.6 is 0 Å². The lowest BCUT2D eigenvalue weighted by Crippen LogP contribution is -2.50. The van der Waals surface area contributed by atoms with Crippen LogP contribution in [0.25, 0.3) is 0 Å². The molecule has 0 atom stereocenters. The molecule has 2 N–H and O–H groups in total. The van der Waals surface area contributed by atoms with Gasteiger partial charge < -0.3 is 5.73 Å². The van der Waals surface area contributed by atoms with Crippen LogP contribution in [-0.2, 0) is 15.8 Å². The number of sulfonamides is 1. The Labute approximate surface area is 121 Å². The summed E-state index contributed by atoms with van der Waals surface area (Å²) in [5.41, 5.74) is 7.04. The monoisotopic (exact) mass is 297 g/mol. The third-order valence-electron chi connectivity index (χ3n) is 3.70. The minimum absolute atomic E-state index is 0.0275. The summed E-state index contributed by atoms with van der Waals surface area (Å²) >= 11 is 0. The van der Waals surface area contributed by atoms with Crippen LogP contribution in [0.1, 0.15) is 19.4 Å². The van der Waals surface area contributed by atoms with Crippen LogP contribution in [0.4, 0.5) is 5.69 Å². The molecule has 2 rings (SSSR count). The van der Waals surface area contributed by atoms with Crippen LogP contribution in [0.3, 0.4) is 0 Å². The highest BCUT2D eigenvalue weighted by Crippen LogP contribution is 2.16. The van der Waals surface area contributed by atoms with Gasteiger partial charge in [0.25, 0.3) is 0 Å². The van der Waals surface area contributed by atoms with E-state index in [1.807, 2.05) is 0 Å². The van der Waals surface area contributed by atoms with E-state index in [0.717, 1.165) is 18.7 Å². The Morgan fingerprint density at radius 1 is 1.20 bits per heavy atom. The van der Waals surface area contributed by atoms with E-state index in [0.29, 0.717) is 24.8 Å². The Morgan fingerprint density at radius 2 is 1.85 bits per heavy atom. The van der Waals surface area contributed by atoms with Gasteiger partial charge in [-0.2, -0.15) is 4.31 Å². The number of nitrogens with two attached hydrogens (primary N) is 1. The summed E-state index contributed by atoms with van der Waals surface area (Å²) in [6.07, 6.45) is 0. The van der Waals surface area contributed by atoms with E-state index in [4.69, 9.17) is 5.73 Å². The van der Waals surface area contributed by atoms with Crippen LogP contribution in [0, 0.1) is 0 Å². The normalized spacial score (nSPS) is 18.6. The van der Waals surface area contributed by atoms with E-state index in [9.17, 15) is 8.42 Å². The summed E-state index contributed by atoms with van der Waals surface area (Å²) in [6.45, 7) is 7.02. The summed E-state index contributed by atoms with van der Waals surface area (Å²) in [6, 6.07) is 7.54. The van der Waals surface area contributed by atoms with Crippen LogP contribution < -0.4 is 5.73 Å². The molecule has 0 amide bonds. The van der Waals surface area contributed by atoms with Gasteiger partial charge in [-0.25, -0.2) is 8.42 Å². The van der Waals surface area contributed by atoms with Gasteiger partial charge in [-0.1, -0.05) is 12.1 Å². The quantitative estimate of drug-likeness (QED) is 0.846. The third kappa shape index (κ3) is 3.71. The smallest absolute Gasteiger partial charge is 0.218 e. The first kappa shape index (κ1) is 15.3. The highest BCUT2D eigenvalue weighted by molar-refractivity contribution is 7.88. The number of nitrogen functional groups attached to an aromatic ring is 1. The summed E-state index contributed by atoms with van der Waals surface area (Å²) in [5, 5.41) is 0. The van der Waals surface area contributed by atoms with Crippen molar-refractivity contribution >= 4 is 15.7 Å². The van der Waals surface area contributed by atoms with Gasteiger partial charge in [-0.3, -0.25) is 4.90 Å². The lowest BCUT2D eigenvalue weighted by molar-refractivity contribution is 0.154. The number of hydrogen-bond acceptors (Lipinski definition) is 4. The predicted octanol–water partition coefficient (Wildman–Crippen LogP) is 1.12. The average molecular weight is 297 g/mol. The van der Waals surface area contributed by atoms with Crippen molar-refractivity contribution in [2.75, 3.05) is 31.9 Å². The maximum Gasteiger partial charge on any atom is 0.218 e. The molecule has 112 valence electrons. The standard InChI is InChI=1S/C14H23N3O2S/c1-12(2)16-6-8-17(9-7-16)20(18,19)11-13-4-3-5-14(15)10-13/h3-5,10,12H,6-9,11,15H2,1-2H3. The highest BCUT2D eigenvalue weighted by atomic mass is 32.2. The lowest BCUT2D eigenvalue weighted by atomic mass is 10.2. The summed E-state index contributed by atoms with van der Waals surface area (Å²) in [4.78, 5) is 2.30. The van der Waals surface area contributed by atoms with E-state index in [1.165, 1.54) is 0 Å². The third-order valence-corrected chi connectivity index (χ3v) is 5.55.